The van der Waals surface area contributed by atoms with E-state index in [1.807, 2.05) is 13.0 Å². The molecule has 6 nitrogen and oxygen atoms in total. The van der Waals surface area contributed by atoms with Gasteiger partial charge in [-0.3, -0.25) is 9.59 Å². The zero-order chi connectivity index (χ0) is 17.4. The van der Waals surface area contributed by atoms with Crippen molar-refractivity contribution in [3.05, 3.63) is 72.5 Å². The van der Waals surface area contributed by atoms with Gasteiger partial charge in [0.1, 0.15) is 5.75 Å². The van der Waals surface area contributed by atoms with E-state index in [9.17, 15) is 9.59 Å². The van der Waals surface area contributed by atoms with E-state index in [4.69, 9.17) is 10.5 Å². The maximum absolute atomic E-state index is 11.6. The maximum Gasteiger partial charge on any atom is 0.248 e. The number of pyridine rings is 1. The molecule has 1 aromatic heterocycles. The van der Waals surface area contributed by atoms with Crippen LogP contribution in [0.3, 0.4) is 0 Å². The smallest absolute Gasteiger partial charge is 0.248 e. The average Bonchev–Trinajstić information content (AvgIpc) is 2.57. The summed E-state index contributed by atoms with van der Waals surface area (Å²) in [5, 5.41) is 2.68. The minimum Gasteiger partial charge on any atom is -0.439 e. The van der Waals surface area contributed by atoms with Crippen molar-refractivity contribution in [3.8, 4) is 11.6 Å². The Bertz CT molecular complexity index is 780. The molecule has 3 N–H and O–H groups in total. The van der Waals surface area contributed by atoms with Crippen LogP contribution >= 0.6 is 0 Å². The molecule has 0 aliphatic carbocycles. The van der Waals surface area contributed by atoms with E-state index < -0.39 is 5.91 Å². The Morgan fingerprint density at radius 3 is 2.71 bits per heavy atom. The van der Waals surface area contributed by atoms with Crippen LogP contribution in [0.2, 0.25) is 0 Å². The molecule has 1 heterocycles. The zero-order valence-electron chi connectivity index (χ0n) is 13.1. The average molecular weight is 323 g/mol. The van der Waals surface area contributed by atoms with Crippen LogP contribution in [-0.2, 0) is 4.79 Å². The van der Waals surface area contributed by atoms with Crippen LogP contribution < -0.4 is 15.8 Å². The van der Waals surface area contributed by atoms with Crippen molar-refractivity contribution in [2.75, 3.05) is 5.32 Å². The lowest BCUT2D eigenvalue weighted by Gasteiger charge is -2.07. The number of benzene rings is 1. The first-order valence-corrected chi connectivity index (χ1v) is 7.22. The van der Waals surface area contributed by atoms with Crippen LogP contribution in [0.4, 0.5) is 5.69 Å². The van der Waals surface area contributed by atoms with Gasteiger partial charge in [0.25, 0.3) is 0 Å². The number of rotatable bonds is 6. The number of allylic oxidation sites excluding steroid dienone is 3. The highest BCUT2D eigenvalue weighted by molar-refractivity contribution is 5.99. The fourth-order valence-electron chi connectivity index (χ4n) is 1.79. The Kier molecular flexibility index (Phi) is 5.85. The second kappa shape index (κ2) is 8.28. The number of amides is 2. The summed E-state index contributed by atoms with van der Waals surface area (Å²) in [5.74, 6) is -0.000815. The Labute approximate surface area is 139 Å². The first-order valence-electron chi connectivity index (χ1n) is 7.22. The van der Waals surface area contributed by atoms with Gasteiger partial charge in [-0.25, -0.2) is 4.98 Å². The molecule has 0 fully saturated rings. The molecule has 0 aliphatic heterocycles. The zero-order valence-corrected chi connectivity index (χ0v) is 13.1. The van der Waals surface area contributed by atoms with Gasteiger partial charge < -0.3 is 15.8 Å². The minimum absolute atomic E-state index is 0.252. The number of nitrogens with zero attached hydrogens (tertiary/aromatic N) is 1. The van der Waals surface area contributed by atoms with Gasteiger partial charge in [0.2, 0.25) is 17.7 Å². The fraction of sp³-hybridized carbons (Fsp3) is 0.0556. The molecule has 0 aliphatic rings. The molecular formula is C18H17N3O3. The lowest BCUT2D eigenvalue weighted by Crippen LogP contribution is -2.10. The van der Waals surface area contributed by atoms with Crippen LogP contribution in [0.15, 0.2) is 66.9 Å². The topological polar surface area (TPSA) is 94.3 Å². The summed E-state index contributed by atoms with van der Waals surface area (Å²) in [6.45, 7) is 1.87. The second-order valence-corrected chi connectivity index (χ2v) is 4.75. The molecule has 0 saturated heterocycles. The molecule has 0 spiro atoms. The number of carbonyl (C=O) groups excluding carboxylic acids is 2. The highest BCUT2D eigenvalue weighted by Gasteiger charge is 2.04. The van der Waals surface area contributed by atoms with E-state index in [1.165, 1.54) is 18.3 Å². The molecule has 122 valence electrons. The number of aromatic nitrogens is 1. The monoisotopic (exact) mass is 323 g/mol. The SMILES string of the molecule is C/C=C/C=C/C(=O)Nc1ccc(Oc2cccc(C(N)=O)c2)nc1. The Hall–Kier alpha value is -3.41. The van der Waals surface area contributed by atoms with Gasteiger partial charge in [-0.1, -0.05) is 24.3 Å². The predicted molar refractivity (Wildman–Crippen MR) is 91.9 cm³/mol. The molecule has 0 bridgehead atoms. The molecular weight excluding hydrogens is 306 g/mol. The Morgan fingerprint density at radius 1 is 1.21 bits per heavy atom. The van der Waals surface area contributed by atoms with E-state index in [1.54, 1.807) is 42.5 Å². The lowest BCUT2D eigenvalue weighted by molar-refractivity contribution is -0.111. The van der Waals surface area contributed by atoms with E-state index in [0.29, 0.717) is 22.9 Å². The number of anilines is 1. The highest BCUT2D eigenvalue weighted by atomic mass is 16.5. The number of hydrogen-bond donors (Lipinski definition) is 2. The summed E-state index contributed by atoms with van der Waals surface area (Å²) in [6.07, 6.45) is 8.13. The van der Waals surface area contributed by atoms with Gasteiger partial charge in [-0.05, 0) is 31.2 Å². The Balaban J connectivity index is 2.00. The van der Waals surface area contributed by atoms with E-state index >= 15 is 0 Å². The second-order valence-electron chi connectivity index (χ2n) is 4.75. The minimum atomic E-state index is -0.530. The number of ether oxygens (including phenoxy) is 1. The van der Waals surface area contributed by atoms with Gasteiger partial charge in [-0.15, -0.1) is 0 Å². The number of carbonyl (C=O) groups is 2. The number of primary amides is 1. The molecule has 0 saturated carbocycles. The van der Waals surface area contributed by atoms with Crippen LogP contribution in [0.1, 0.15) is 17.3 Å². The third-order valence-electron chi connectivity index (χ3n) is 2.90. The van der Waals surface area contributed by atoms with Crippen molar-refractivity contribution in [1.82, 2.24) is 4.98 Å². The van der Waals surface area contributed by atoms with E-state index in [2.05, 4.69) is 10.3 Å². The van der Waals surface area contributed by atoms with Crippen molar-refractivity contribution >= 4 is 17.5 Å². The number of hydrogen-bond acceptors (Lipinski definition) is 4. The number of nitrogens with one attached hydrogen (secondary N) is 1. The molecule has 2 rings (SSSR count). The lowest BCUT2D eigenvalue weighted by atomic mass is 10.2. The highest BCUT2D eigenvalue weighted by Crippen LogP contribution is 2.21. The predicted octanol–water partition coefficient (Wildman–Crippen LogP) is 3.04. The van der Waals surface area contributed by atoms with Crippen LogP contribution in [0.5, 0.6) is 11.6 Å². The molecule has 24 heavy (non-hydrogen) atoms. The summed E-state index contributed by atoms with van der Waals surface area (Å²) in [4.78, 5) is 26.9. The molecule has 2 amide bonds. The summed E-state index contributed by atoms with van der Waals surface area (Å²) >= 11 is 0. The van der Waals surface area contributed by atoms with Gasteiger partial charge in [0.05, 0.1) is 11.9 Å². The van der Waals surface area contributed by atoms with Crippen molar-refractivity contribution in [2.45, 2.75) is 6.92 Å². The molecule has 0 radical (unpaired) electrons. The van der Waals surface area contributed by atoms with Crippen LogP contribution in [0.25, 0.3) is 0 Å². The summed E-state index contributed by atoms with van der Waals surface area (Å²) in [5.41, 5.74) is 6.12. The quantitative estimate of drug-likeness (QED) is 0.631. The molecule has 1 aromatic carbocycles. The largest absolute Gasteiger partial charge is 0.439 e. The molecule has 0 atom stereocenters. The van der Waals surface area contributed by atoms with E-state index in [0.717, 1.165) is 0 Å². The molecule has 0 unspecified atom stereocenters. The summed E-state index contributed by atoms with van der Waals surface area (Å²) < 4.78 is 5.55. The van der Waals surface area contributed by atoms with Crippen molar-refractivity contribution < 1.29 is 14.3 Å². The summed E-state index contributed by atoms with van der Waals surface area (Å²) in [7, 11) is 0. The van der Waals surface area contributed by atoms with Gasteiger partial charge in [-0.2, -0.15) is 0 Å². The standard InChI is InChI=1S/C18H17N3O3/c1-2-3-4-8-16(22)21-14-9-10-17(20-12-14)24-15-7-5-6-13(11-15)18(19)23/h2-12H,1H3,(H2,19,23)(H,21,22)/b3-2+,8-4+. The van der Waals surface area contributed by atoms with Gasteiger partial charge >= 0.3 is 0 Å². The summed E-state index contributed by atoms with van der Waals surface area (Å²) in [6, 6.07) is 9.77. The third kappa shape index (κ3) is 5.10. The number of nitrogens with two attached hydrogens (primary N) is 1. The Morgan fingerprint density at radius 2 is 2.04 bits per heavy atom. The van der Waals surface area contributed by atoms with E-state index in [-0.39, 0.29) is 5.91 Å². The van der Waals surface area contributed by atoms with Crippen LogP contribution in [0, 0.1) is 0 Å². The first kappa shape index (κ1) is 17.0. The molecule has 6 heteroatoms. The first-order chi connectivity index (χ1) is 11.6. The van der Waals surface area contributed by atoms with Crippen LogP contribution in [-0.4, -0.2) is 16.8 Å². The van der Waals surface area contributed by atoms with Crippen molar-refractivity contribution in [3.63, 3.8) is 0 Å². The van der Waals surface area contributed by atoms with Crippen molar-refractivity contribution in [1.29, 1.82) is 0 Å². The fourth-order valence-corrected chi connectivity index (χ4v) is 1.79. The third-order valence-corrected chi connectivity index (χ3v) is 2.90. The maximum atomic E-state index is 11.6. The van der Waals surface area contributed by atoms with Crippen molar-refractivity contribution in [2.24, 2.45) is 5.73 Å². The van der Waals surface area contributed by atoms with Gasteiger partial charge in [0, 0.05) is 17.7 Å². The molecule has 2 aromatic rings. The normalized spacial score (nSPS) is 10.9. The van der Waals surface area contributed by atoms with Gasteiger partial charge in [0.15, 0.2) is 0 Å².